The van der Waals surface area contributed by atoms with Crippen LogP contribution in [-0.2, 0) is 0 Å². The van der Waals surface area contributed by atoms with E-state index in [4.69, 9.17) is 0 Å². The summed E-state index contributed by atoms with van der Waals surface area (Å²) in [7, 11) is 0. The highest BCUT2D eigenvalue weighted by atomic mass is 19.2. The number of hydrogen-bond acceptors (Lipinski definition) is 1. The molecule has 0 fully saturated rings. The monoisotopic (exact) mass is 420 g/mol. The van der Waals surface area contributed by atoms with E-state index in [1.807, 2.05) is 0 Å². The second-order valence-corrected chi connectivity index (χ2v) is 6.77. The minimum absolute atomic E-state index is 0.326. The van der Waals surface area contributed by atoms with Crippen molar-refractivity contribution < 1.29 is 17.6 Å². The maximum atomic E-state index is 13.8. The standard InChI is InChI=1S/C25H16F4N2/c26-19-7-1-17(2-8-19)5-11-21-15-22(12-6-18-3-9-20(27)10-4-18)31(30-21)23-13-14-24(28)25(29)16-23/h1-16H. The largest absolute Gasteiger partial charge is 0.233 e. The van der Waals surface area contributed by atoms with Crippen LogP contribution in [0.5, 0.6) is 0 Å². The molecule has 4 rings (SSSR count). The molecule has 0 atom stereocenters. The van der Waals surface area contributed by atoms with Crippen molar-refractivity contribution in [3.05, 3.63) is 119 Å². The maximum Gasteiger partial charge on any atom is 0.160 e. The van der Waals surface area contributed by atoms with Gasteiger partial charge in [-0.25, -0.2) is 22.2 Å². The predicted octanol–water partition coefficient (Wildman–Crippen LogP) is 6.77. The van der Waals surface area contributed by atoms with Gasteiger partial charge in [0.25, 0.3) is 0 Å². The molecule has 3 aromatic carbocycles. The van der Waals surface area contributed by atoms with Crippen molar-refractivity contribution in [2.45, 2.75) is 0 Å². The molecular formula is C25H16F4N2. The molecule has 154 valence electrons. The quantitative estimate of drug-likeness (QED) is 0.326. The van der Waals surface area contributed by atoms with Crippen molar-refractivity contribution in [3.63, 3.8) is 0 Å². The van der Waals surface area contributed by atoms with Gasteiger partial charge in [-0.2, -0.15) is 5.10 Å². The van der Waals surface area contributed by atoms with E-state index in [1.54, 1.807) is 54.6 Å². The summed E-state index contributed by atoms with van der Waals surface area (Å²) in [5.74, 6) is -2.59. The fourth-order valence-corrected chi connectivity index (χ4v) is 2.95. The smallest absolute Gasteiger partial charge is 0.160 e. The molecule has 0 spiro atoms. The first-order chi connectivity index (χ1) is 15.0. The third kappa shape index (κ3) is 4.98. The first kappa shape index (κ1) is 20.3. The second-order valence-electron chi connectivity index (χ2n) is 6.77. The van der Waals surface area contributed by atoms with Crippen LogP contribution in [0, 0.1) is 23.3 Å². The Balaban J connectivity index is 1.71. The minimum Gasteiger partial charge on any atom is -0.233 e. The fourth-order valence-electron chi connectivity index (χ4n) is 2.95. The van der Waals surface area contributed by atoms with E-state index in [0.29, 0.717) is 17.1 Å². The van der Waals surface area contributed by atoms with Gasteiger partial charge in [-0.15, -0.1) is 0 Å². The predicted molar refractivity (Wildman–Crippen MR) is 114 cm³/mol. The van der Waals surface area contributed by atoms with Gasteiger partial charge in [0.1, 0.15) is 11.6 Å². The van der Waals surface area contributed by atoms with Gasteiger partial charge >= 0.3 is 0 Å². The summed E-state index contributed by atoms with van der Waals surface area (Å²) in [4.78, 5) is 0. The zero-order valence-corrected chi connectivity index (χ0v) is 16.1. The molecular weight excluding hydrogens is 404 g/mol. The lowest BCUT2D eigenvalue weighted by Crippen LogP contribution is -2.00. The molecule has 0 aliphatic rings. The van der Waals surface area contributed by atoms with Crippen LogP contribution in [0.3, 0.4) is 0 Å². The normalized spacial score (nSPS) is 11.6. The Kier molecular flexibility index (Phi) is 5.80. The Bertz CT molecular complexity index is 1250. The second kappa shape index (κ2) is 8.83. The minimum atomic E-state index is -0.982. The Labute approximate surface area is 176 Å². The fraction of sp³-hybridized carbons (Fsp3) is 0. The summed E-state index contributed by atoms with van der Waals surface area (Å²) in [6.07, 6.45) is 7.01. The maximum absolute atomic E-state index is 13.8. The number of hydrogen-bond donors (Lipinski definition) is 0. The number of rotatable bonds is 5. The van der Waals surface area contributed by atoms with E-state index in [1.165, 1.54) is 35.0 Å². The molecule has 4 aromatic rings. The number of benzene rings is 3. The van der Waals surface area contributed by atoms with Crippen LogP contribution in [0.2, 0.25) is 0 Å². The molecule has 0 amide bonds. The van der Waals surface area contributed by atoms with Crippen molar-refractivity contribution in [3.8, 4) is 5.69 Å². The summed E-state index contributed by atoms with van der Waals surface area (Å²) >= 11 is 0. The van der Waals surface area contributed by atoms with Gasteiger partial charge in [-0.3, -0.25) is 0 Å². The van der Waals surface area contributed by atoms with E-state index in [2.05, 4.69) is 5.10 Å². The molecule has 31 heavy (non-hydrogen) atoms. The highest BCUT2D eigenvalue weighted by Gasteiger charge is 2.10. The van der Waals surface area contributed by atoms with E-state index in [9.17, 15) is 17.6 Å². The van der Waals surface area contributed by atoms with Crippen LogP contribution in [0.25, 0.3) is 30.0 Å². The molecule has 0 radical (unpaired) electrons. The topological polar surface area (TPSA) is 17.8 Å². The van der Waals surface area contributed by atoms with Gasteiger partial charge < -0.3 is 0 Å². The molecule has 0 saturated heterocycles. The molecule has 0 aliphatic heterocycles. The molecule has 6 heteroatoms. The lowest BCUT2D eigenvalue weighted by Gasteiger charge is -2.05. The lowest BCUT2D eigenvalue weighted by molar-refractivity contribution is 0.507. The number of aromatic nitrogens is 2. The first-order valence-electron chi connectivity index (χ1n) is 9.41. The van der Waals surface area contributed by atoms with E-state index in [-0.39, 0.29) is 11.6 Å². The molecule has 1 heterocycles. The molecule has 0 unspecified atom stereocenters. The van der Waals surface area contributed by atoms with E-state index < -0.39 is 11.6 Å². The van der Waals surface area contributed by atoms with Gasteiger partial charge in [0, 0.05) is 6.07 Å². The summed E-state index contributed by atoms with van der Waals surface area (Å²) in [5, 5.41) is 4.47. The van der Waals surface area contributed by atoms with Crippen LogP contribution in [-0.4, -0.2) is 9.78 Å². The van der Waals surface area contributed by atoms with Crippen LogP contribution in [0.1, 0.15) is 22.5 Å². The Morgan fingerprint density at radius 3 is 1.74 bits per heavy atom. The van der Waals surface area contributed by atoms with Crippen LogP contribution in [0.15, 0.2) is 72.8 Å². The number of halogens is 4. The zero-order chi connectivity index (χ0) is 21.8. The van der Waals surface area contributed by atoms with Crippen molar-refractivity contribution in [2.75, 3.05) is 0 Å². The van der Waals surface area contributed by atoms with Crippen molar-refractivity contribution >= 4 is 24.3 Å². The average Bonchev–Trinajstić information content (AvgIpc) is 3.18. The summed E-state index contributed by atoms with van der Waals surface area (Å²) in [6.45, 7) is 0. The molecule has 0 N–H and O–H groups in total. The van der Waals surface area contributed by atoms with Gasteiger partial charge in [0.15, 0.2) is 11.6 Å². The molecule has 0 saturated carbocycles. The molecule has 0 bridgehead atoms. The number of nitrogens with zero attached hydrogens (tertiary/aromatic N) is 2. The third-order valence-electron chi connectivity index (χ3n) is 4.54. The average molecular weight is 420 g/mol. The Morgan fingerprint density at radius 2 is 1.16 bits per heavy atom. The molecule has 0 aliphatic carbocycles. The summed E-state index contributed by atoms with van der Waals surface area (Å²) in [6, 6.07) is 17.2. The van der Waals surface area contributed by atoms with Gasteiger partial charge in [-0.05, 0) is 65.7 Å². The molecule has 2 nitrogen and oxygen atoms in total. The first-order valence-corrected chi connectivity index (χ1v) is 9.41. The summed E-state index contributed by atoms with van der Waals surface area (Å²) in [5.41, 5.74) is 3.07. The van der Waals surface area contributed by atoms with Crippen LogP contribution < -0.4 is 0 Å². The van der Waals surface area contributed by atoms with E-state index >= 15 is 0 Å². The highest BCUT2D eigenvalue weighted by molar-refractivity contribution is 5.73. The van der Waals surface area contributed by atoms with Crippen molar-refractivity contribution in [1.82, 2.24) is 9.78 Å². The highest BCUT2D eigenvalue weighted by Crippen LogP contribution is 2.20. The van der Waals surface area contributed by atoms with E-state index in [0.717, 1.165) is 23.3 Å². The Morgan fingerprint density at radius 1 is 0.581 bits per heavy atom. The van der Waals surface area contributed by atoms with Crippen molar-refractivity contribution in [2.24, 2.45) is 0 Å². The third-order valence-corrected chi connectivity index (χ3v) is 4.54. The summed E-state index contributed by atoms with van der Waals surface area (Å²) < 4.78 is 54.8. The van der Waals surface area contributed by atoms with Crippen LogP contribution in [0.4, 0.5) is 17.6 Å². The molecule has 1 aromatic heterocycles. The van der Waals surface area contributed by atoms with Gasteiger partial charge in [0.2, 0.25) is 0 Å². The van der Waals surface area contributed by atoms with Crippen LogP contribution >= 0.6 is 0 Å². The SMILES string of the molecule is Fc1ccc(C=Cc2cc(C=Cc3ccc(F)cc3)n(-c3ccc(F)c(F)c3)n2)cc1. The van der Waals surface area contributed by atoms with Gasteiger partial charge in [0.05, 0.1) is 17.1 Å². The van der Waals surface area contributed by atoms with Crippen molar-refractivity contribution in [1.29, 1.82) is 0 Å². The zero-order valence-electron chi connectivity index (χ0n) is 16.1. The van der Waals surface area contributed by atoms with Gasteiger partial charge in [-0.1, -0.05) is 36.4 Å². The lowest BCUT2D eigenvalue weighted by atomic mass is 10.2. The Hall–Kier alpha value is -3.93.